The van der Waals surface area contributed by atoms with Gasteiger partial charge in [0.1, 0.15) is 6.10 Å². The number of halogens is 1. The van der Waals surface area contributed by atoms with Gasteiger partial charge in [0, 0.05) is 26.2 Å². The Kier molecular flexibility index (Phi) is 10.1. The number of hydrogen-bond donors (Lipinski definition) is 1. The molecule has 114 valence electrons. The van der Waals surface area contributed by atoms with E-state index in [0.29, 0.717) is 26.2 Å². The predicted molar refractivity (Wildman–Crippen MR) is 84.1 cm³/mol. The quantitative estimate of drug-likeness (QED) is 0.797. The maximum atomic E-state index is 12.2. The molecule has 1 unspecified atom stereocenters. The monoisotopic (exact) mass is 300 g/mol. The number of carbonyl (C=O) groups is 1. The van der Waals surface area contributed by atoms with E-state index < -0.39 is 6.10 Å². The van der Waals surface area contributed by atoms with Crippen molar-refractivity contribution in [3.8, 4) is 0 Å². The molecule has 1 aromatic carbocycles. The molecule has 1 amide bonds. The van der Waals surface area contributed by atoms with Crippen LogP contribution in [0.3, 0.4) is 0 Å². The number of nitrogens with two attached hydrogens (primary N) is 1. The summed E-state index contributed by atoms with van der Waals surface area (Å²) < 4.78 is 5.35. The highest BCUT2D eigenvalue weighted by atomic mass is 35.5. The molecule has 4 nitrogen and oxygen atoms in total. The molecule has 0 saturated heterocycles. The molecule has 1 rings (SSSR count). The minimum absolute atomic E-state index is 0. The van der Waals surface area contributed by atoms with Crippen molar-refractivity contribution in [1.82, 2.24) is 4.90 Å². The number of rotatable bonds is 8. The van der Waals surface area contributed by atoms with Gasteiger partial charge in [-0.25, -0.2) is 0 Å². The number of carbonyl (C=O) groups excluding carboxylic acids is 1. The van der Waals surface area contributed by atoms with E-state index in [0.717, 1.165) is 6.42 Å². The first-order valence-electron chi connectivity index (χ1n) is 6.83. The van der Waals surface area contributed by atoms with Crippen molar-refractivity contribution in [1.29, 1.82) is 0 Å². The van der Waals surface area contributed by atoms with Gasteiger partial charge in [-0.1, -0.05) is 30.3 Å². The third kappa shape index (κ3) is 6.37. The van der Waals surface area contributed by atoms with Crippen LogP contribution in [0.2, 0.25) is 0 Å². The molecule has 0 aromatic heterocycles. The summed E-state index contributed by atoms with van der Waals surface area (Å²) in [4.78, 5) is 14.0. The molecule has 0 aliphatic rings. The van der Waals surface area contributed by atoms with Crippen molar-refractivity contribution < 1.29 is 9.53 Å². The lowest BCUT2D eigenvalue weighted by atomic mass is 10.1. The average molecular weight is 301 g/mol. The van der Waals surface area contributed by atoms with Crippen LogP contribution in [-0.2, 0) is 16.0 Å². The molecule has 1 atom stereocenters. The first-order chi connectivity index (χ1) is 9.19. The van der Waals surface area contributed by atoms with Crippen LogP contribution in [0.25, 0.3) is 0 Å². The summed E-state index contributed by atoms with van der Waals surface area (Å²) in [5.74, 6) is 0.0169. The van der Waals surface area contributed by atoms with E-state index >= 15 is 0 Å². The van der Waals surface area contributed by atoms with Crippen LogP contribution in [-0.4, -0.2) is 43.2 Å². The number of amides is 1. The topological polar surface area (TPSA) is 55.6 Å². The fourth-order valence-electron chi connectivity index (χ4n) is 1.98. The van der Waals surface area contributed by atoms with E-state index in [1.54, 1.807) is 11.8 Å². The van der Waals surface area contributed by atoms with Gasteiger partial charge in [-0.2, -0.15) is 0 Å². The second-order valence-electron chi connectivity index (χ2n) is 4.45. The lowest BCUT2D eigenvalue weighted by molar-refractivity contribution is -0.142. The fraction of sp³-hybridized carbons (Fsp3) is 0.533. The van der Waals surface area contributed by atoms with E-state index in [2.05, 4.69) is 12.1 Å². The largest absolute Gasteiger partial charge is 0.369 e. The Morgan fingerprint density at radius 2 is 1.95 bits per heavy atom. The molecule has 0 heterocycles. The van der Waals surface area contributed by atoms with Crippen molar-refractivity contribution in [2.24, 2.45) is 5.73 Å². The second kappa shape index (κ2) is 10.7. The highest BCUT2D eigenvalue weighted by molar-refractivity contribution is 5.85. The van der Waals surface area contributed by atoms with Crippen LogP contribution in [0.15, 0.2) is 30.3 Å². The van der Waals surface area contributed by atoms with Crippen molar-refractivity contribution >= 4 is 18.3 Å². The van der Waals surface area contributed by atoms with E-state index in [1.165, 1.54) is 5.56 Å². The number of ether oxygens (including phenoxy) is 1. The fourth-order valence-corrected chi connectivity index (χ4v) is 1.98. The molecule has 20 heavy (non-hydrogen) atoms. The average Bonchev–Trinajstić information content (AvgIpc) is 2.44. The van der Waals surface area contributed by atoms with Gasteiger partial charge in [-0.05, 0) is 25.8 Å². The maximum Gasteiger partial charge on any atom is 0.251 e. The van der Waals surface area contributed by atoms with E-state index in [1.807, 2.05) is 25.1 Å². The zero-order valence-electron chi connectivity index (χ0n) is 12.2. The standard InChI is InChI=1S/C15H24N2O2.ClH/c1-3-19-13(2)15(18)17(12-10-16)11-9-14-7-5-4-6-8-14;/h4-8,13H,3,9-12,16H2,1-2H3;1H. The molecule has 0 fully saturated rings. The Bertz CT molecular complexity index is 373. The molecule has 1 aromatic rings. The van der Waals surface area contributed by atoms with E-state index in [4.69, 9.17) is 10.5 Å². The molecule has 0 radical (unpaired) electrons. The van der Waals surface area contributed by atoms with Gasteiger partial charge in [-0.15, -0.1) is 12.4 Å². The van der Waals surface area contributed by atoms with Gasteiger partial charge in [0.2, 0.25) is 0 Å². The van der Waals surface area contributed by atoms with E-state index in [9.17, 15) is 4.79 Å². The Morgan fingerprint density at radius 3 is 2.50 bits per heavy atom. The van der Waals surface area contributed by atoms with Gasteiger partial charge >= 0.3 is 0 Å². The Labute approximate surface area is 127 Å². The van der Waals surface area contributed by atoms with Crippen LogP contribution in [0.1, 0.15) is 19.4 Å². The van der Waals surface area contributed by atoms with Crippen LogP contribution in [0, 0.1) is 0 Å². The van der Waals surface area contributed by atoms with Crippen molar-refractivity contribution in [2.45, 2.75) is 26.4 Å². The van der Waals surface area contributed by atoms with Gasteiger partial charge in [-0.3, -0.25) is 4.79 Å². The minimum Gasteiger partial charge on any atom is -0.369 e. The number of benzene rings is 1. The smallest absolute Gasteiger partial charge is 0.251 e. The van der Waals surface area contributed by atoms with Crippen LogP contribution in [0.4, 0.5) is 0 Å². The highest BCUT2D eigenvalue weighted by Crippen LogP contribution is 2.04. The van der Waals surface area contributed by atoms with Crippen molar-refractivity contribution in [3.05, 3.63) is 35.9 Å². The summed E-state index contributed by atoms with van der Waals surface area (Å²) in [5.41, 5.74) is 6.80. The highest BCUT2D eigenvalue weighted by Gasteiger charge is 2.19. The molecule has 2 N–H and O–H groups in total. The van der Waals surface area contributed by atoms with Crippen molar-refractivity contribution in [3.63, 3.8) is 0 Å². The molecular formula is C15H25ClN2O2. The number of hydrogen-bond acceptors (Lipinski definition) is 3. The second-order valence-corrected chi connectivity index (χ2v) is 4.45. The van der Waals surface area contributed by atoms with E-state index in [-0.39, 0.29) is 18.3 Å². The normalized spacial score (nSPS) is 11.6. The molecule has 0 spiro atoms. The van der Waals surface area contributed by atoms with Gasteiger partial charge in [0.05, 0.1) is 0 Å². The SMILES string of the molecule is CCOC(C)C(=O)N(CCN)CCc1ccccc1.Cl. The van der Waals surface area contributed by atoms with Crippen LogP contribution in [0.5, 0.6) is 0 Å². The summed E-state index contributed by atoms with van der Waals surface area (Å²) in [5, 5.41) is 0. The first kappa shape index (κ1) is 18.9. The van der Waals surface area contributed by atoms with Crippen molar-refractivity contribution in [2.75, 3.05) is 26.2 Å². The lowest BCUT2D eigenvalue weighted by Gasteiger charge is -2.25. The third-order valence-electron chi connectivity index (χ3n) is 2.99. The summed E-state index contributed by atoms with van der Waals surface area (Å²) in [6.07, 6.45) is 0.443. The molecule has 0 aliphatic carbocycles. The van der Waals surface area contributed by atoms with Crippen LogP contribution < -0.4 is 5.73 Å². The Balaban J connectivity index is 0.00000361. The van der Waals surface area contributed by atoms with Gasteiger partial charge in [0.15, 0.2) is 0 Å². The molecular weight excluding hydrogens is 276 g/mol. The Hall–Kier alpha value is -1.10. The summed E-state index contributed by atoms with van der Waals surface area (Å²) in [6, 6.07) is 10.1. The Morgan fingerprint density at radius 1 is 1.30 bits per heavy atom. The zero-order chi connectivity index (χ0) is 14.1. The summed E-state index contributed by atoms with van der Waals surface area (Å²) in [7, 11) is 0. The number of nitrogens with zero attached hydrogens (tertiary/aromatic N) is 1. The maximum absolute atomic E-state index is 12.2. The lowest BCUT2D eigenvalue weighted by Crippen LogP contribution is -2.42. The third-order valence-corrected chi connectivity index (χ3v) is 2.99. The molecule has 5 heteroatoms. The molecule has 0 saturated carbocycles. The van der Waals surface area contributed by atoms with Crippen LogP contribution >= 0.6 is 12.4 Å². The molecule has 0 bridgehead atoms. The minimum atomic E-state index is -0.396. The summed E-state index contributed by atoms with van der Waals surface area (Å²) in [6.45, 7) is 5.95. The zero-order valence-corrected chi connectivity index (χ0v) is 13.1. The van der Waals surface area contributed by atoms with Gasteiger partial charge < -0.3 is 15.4 Å². The molecule has 0 aliphatic heterocycles. The first-order valence-corrected chi connectivity index (χ1v) is 6.83. The predicted octanol–water partition coefficient (Wildman–Crippen LogP) is 1.86. The van der Waals surface area contributed by atoms with Gasteiger partial charge in [0.25, 0.3) is 5.91 Å². The summed E-state index contributed by atoms with van der Waals surface area (Å²) >= 11 is 0.